The number of nitriles is 1. The predicted octanol–water partition coefficient (Wildman–Crippen LogP) is 4.27. The molecule has 0 amide bonds. The summed E-state index contributed by atoms with van der Waals surface area (Å²) in [7, 11) is 0. The van der Waals surface area contributed by atoms with E-state index in [1.165, 1.54) is 0 Å². The molecule has 0 fully saturated rings. The maximum Gasteiger partial charge on any atom is 0.205 e. The summed E-state index contributed by atoms with van der Waals surface area (Å²) >= 11 is 0. The molecule has 22 heavy (non-hydrogen) atoms. The number of benzene rings is 2. The van der Waals surface area contributed by atoms with Gasteiger partial charge in [0.15, 0.2) is 0 Å². The molecule has 0 aliphatic heterocycles. The number of carbonyl (C=O) groups excluding carboxylic acids is 1. The molecule has 106 valence electrons. The molecule has 0 atom stereocenters. The Kier molecular flexibility index (Phi) is 3.59. The number of nitrogens with zero attached hydrogens (tertiary/aromatic N) is 1. The second-order valence-electron chi connectivity index (χ2n) is 5.11. The van der Waals surface area contributed by atoms with Crippen LogP contribution >= 0.6 is 0 Å². The van der Waals surface area contributed by atoms with Crippen LogP contribution in [0.5, 0.6) is 0 Å². The van der Waals surface area contributed by atoms with E-state index in [0.29, 0.717) is 5.56 Å². The van der Waals surface area contributed by atoms with Gasteiger partial charge >= 0.3 is 0 Å². The highest BCUT2D eigenvalue weighted by molar-refractivity contribution is 6.20. The van der Waals surface area contributed by atoms with Crippen molar-refractivity contribution in [3.8, 4) is 6.07 Å². The molecule has 1 heterocycles. The fourth-order valence-electron chi connectivity index (χ4n) is 2.56. The average molecular weight is 286 g/mol. The van der Waals surface area contributed by atoms with E-state index in [1.807, 2.05) is 61.5 Å². The Bertz CT molecular complexity index is 912. The molecule has 2 aromatic carbocycles. The van der Waals surface area contributed by atoms with Gasteiger partial charge in [-0.25, -0.2) is 0 Å². The molecular formula is C19H14N2O. The second kappa shape index (κ2) is 5.71. The van der Waals surface area contributed by atoms with Crippen molar-refractivity contribution in [2.45, 2.75) is 6.92 Å². The van der Waals surface area contributed by atoms with Crippen LogP contribution in [0.25, 0.3) is 17.0 Å². The van der Waals surface area contributed by atoms with E-state index in [4.69, 9.17) is 0 Å². The van der Waals surface area contributed by atoms with E-state index in [0.717, 1.165) is 22.0 Å². The molecule has 0 unspecified atom stereocenters. The van der Waals surface area contributed by atoms with Crippen molar-refractivity contribution in [1.82, 2.24) is 4.98 Å². The summed E-state index contributed by atoms with van der Waals surface area (Å²) < 4.78 is 0. The smallest absolute Gasteiger partial charge is 0.205 e. The van der Waals surface area contributed by atoms with Crippen LogP contribution in [-0.2, 0) is 0 Å². The quantitative estimate of drug-likeness (QED) is 0.444. The zero-order valence-corrected chi connectivity index (χ0v) is 12.1. The Morgan fingerprint density at radius 3 is 2.64 bits per heavy atom. The lowest BCUT2D eigenvalue weighted by Gasteiger charge is -2.01. The van der Waals surface area contributed by atoms with Crippen LogP contribution in [0.1, 0.15) is 21.5 Å². The SMILES string of the molecule is Cc1cccc2[nH]cc(C(=O)C(C#N)=Cc3ccccc3)c12. The van der Waals surface area contributed by atoms with Crippen LogP contribution in [0.3, 0.4) is 0 Å². The standard InChI is InChI=1S/C19H14N2O/c1-13-6-5-9-17-18(13)16(12-21-17)19(22)15(11-20)10-14-7-3-2-4-8-14/h2-10,12,21H,1H3. The lowest BCUT2D eigenvalue weighted by atomic mass is 9.99. The number of H-pyrrole nitrogens is 1. The number of aromatic nitrogens is 1. The molecule has 0 radical (unpaired) electrons. The van der Waals surface area contributed by atoms with E-state index in [-0.39, 0.29) is 11.4 Å². The summed E-state index contributed by atoms with van der Waals surface area (Å²) in [6.07, 6.45) is 3.30. The molecule has 0 saturated carbocycles. The fourth-order valence-corrected chi connectivity index (χ4v) is 2.56. The van der Waals surface area contributed by atoms with Crippen molar-refractivity contribution in [1.29, 1.82) is 5.26 Å². The van der Waals surface area contributed by atoms with Gasteiger partial charge in [-0.1, -0.05) is 42.5 Å². The largest absolute Gasteiger partial charge is 0.360 e. The average Bonchev–Trinajstić information content (AvgIpc) is 2.98. The number of Topliss-reactive ketones (excluding diaryl/α,β-unsaturated/α-hetero) is 1. The van der Waals surface area contributed by atoms with Crippen LogP contribution in [0.2, 0.25) is 0 Å². The number of aryl methyl sites for hydroxylation is 1. The summed E-state index contributed by atoms with van der Waals surface area (Å²) in [5, 5.41) is 10.2. The van der Waals surface area contributed by atoms with Crippen LogP contribution in [-0.4, -0.2) is 10.8 Å². The second-order valence-corrected chi connectivity index (χ2v) is 5.11. The molecule has 3 rings (SSSR count). The van der Waals surface area contributed by atoms with Gasteiger partial charge < -0.3 is 4.98 Å². The van der Waals surface area contributed by atoms with Gasteiger partial charge in [0.05, 0.1) is 0 Å². The number of nitrogens with one attached hydrogen (secondary N) is 1. The normalized spacial score (nSPS) is 11.4. The summed E-state index contributed by atoms with van der Waals surface area (Å²) in [5.41, 5.74) is 3.43. The fraction of sp³-hybridized carbons (Fsp3) is 0.0526. The predicted molar refractivity (Wildman–Crippen MR) is 87.4 cm³/mol. The molecule has 1 N–H and O–H groups in total. The maximum atomic E-state index is 12.7. The number of fused-ring (bicyclic) bond motifs is 1. The van der Waals surface area contributed by atoms with Crippen LogP contribution < -0.4 is 0 Å². The molecule has 1 aromatic heterocycles. The monoisotopic (exact) mass is 286 g/mol. The lowest BCUT2D eigenvalue weighted by Crippen LogP contribution is -2.01. The van der Waals surface area contributed by atoms with E-state index in [1.54, 1.807) is 12.3 Å². The molecule has 0 saturated heterocycles. The first-order chi connectivity index (χ1) is 10.7. The third-order valence-electron chi connectivity index (χ3n) is 3.63. The van der Waals surface area contributed by atoms with Gasteiger partial charge in [-0.05, 0) is 30.2 Å². The van der Waals surface area contributed by atoms with Crippen molar-refractivity contribution >= 4 is 22.8 Å². The summed E-state index contributed by atoms with van der Waals surface area (Å²) in [5.74, 6) is -0.257. The highest BCUT2D eigenvalue weighted by Crippen LogP contribution is 2.24. The number of rotatable bonds is 3. The minimum absolute atomic E-state index is 0.135. The highest BCUT2D eigenvalue weighted by atomic mass is 16.1. The third kappa shape index (κ3) is 2.43. The van der Waals surface area contributed by atoms with Crippen molar-refractivity contribution in [2.24, 2.45) is 0 Å². The van der Waals surface area contributed by atoms with Crippen molar-refractivity contribution < 1.29 is 4.79 Å². The molecule has 0 aliphatic rings. The van der Waals surface area contributed by atoms with Crippen molar-refractivity contribution in [3.63, 3.8) is 0 Å². The first kappa shape index (κ1) is 13.8. The van der Waals surface area contributed by atoms with Crippen LogP contribution in [0, 0.1) is 18.3 Å². The van der Waals surface area contributed by atoms with E-state index in [2.05, 4.69) is 4.98 Å². The number of aromatic amines is 1. The van der Waals surface area contributed by atoms with Gasteiger partial charge in [0, 0.05) is 22.7 Å². The molecule has 3 heteroatoms. The number of allylic oxidation sites excluding steroid dienone is 1. The van der Waals surface area contributed by atoms with Gasteiger partial charge in [-0.3, -0.25) is 4.79 Å². The molecular weight excluding hydrogens is 272 g/mol. The molecule has 3 nitrogen and oxygen atoms in total. The topological polar surface area (TPSA) is 56.6 Å². The van der Waals surface area contributed by atoms with E-state index >= 15 is 0 Å². The zero-order valence-electron chi connectivity index (χ0n) is 12.1. The van der Waals surface area contributed by atoms with Crippen molar-refractivity contribution in [3.05, 3.63) is 77.0 Å². The maximum absolute atomic E-state index is 12.7. The van der Waals surface area contributed by atoms with Gasteiger partial charge in [0.2, 0.25) is 5.78 Å². The highest BCUT2D eigenvalue weighted by Gasteiger charge is 2.17. The lowest BCUT2D eigenvalue weighted by molar-refractivity contribution is 0.104. The summed E-state index contributed by atoms with van der Waals surface area (Å²) in [6.45, 7) is 1.96. The number of ketones is 1. The minimum Gasteiger partial charge on any atom is -0.360 e. The zero-order chi connectivity index (χ0) is 15.5. The number of hydrogen-bond acceptors (Lipinski definition) is 2. The molecule has 3 aromatic rings. The van der Waals surface area contributed by atoms with Crippen LogP contribution in [0.4, 0.5) is 0 Å². The third-order valence-corrected chi connectivity index (χ3v) is 3.63. The molecule has 0 bridgehead atoms. The summed E-state index contributed by atoms with van der Waals surface area (Å²) in [4.78, 5) is 15.8. The Morgan fingerprint density at radius 2 is 1.91 bits per heavy atom. The first-order valence-electron chi connectivity index (χ1n) is 6.99. The Morgan fingerprint density at radius 1 is 1.14 bits per heavy atom. The Hall–Kier alpha value is -3.12. The molecule has 0 aliphatic carbocycles. The van der Waals surface area contributed by atoms with Gasteiger partial charge in [0.1, 0.15) is 11.6 Å². The van der Waals surface area contributed by atoms with Crippen LogP contribution in [0.15, 0.2) is 60.3 Å². The minimum atomic E-state index is -0.257. The Labute approximate surface area is 128 Å². The summed E-state index contributed by atoms with van der Waals surface area (Å²) in [6, 6.07) is 17.2. The van der Waals surface area contributed by atoms with Gasteiger partial charge in [0.25, 0.3) is 0 Å². The van der Waals surface area contributed by atoms with E-state index in [9.17, 15) is 10.1 Å². The van der Waals surface area contributed by atoms with Crippen molar-refractivity contribution in [2.75, 3.05) is 0 Å². The Balaban J connectivity index is 2.09. The van der Waals surface area contributed by atoms with Gasteiger partial charge in [-0.15, -0.1) is 0 Å². The number of hydrogen-bond donors (Lipinski definition) is 1. The number of carbonyl (C=O) groups is 1. The molecule has 0 spiro atoms. The van der Waals surface area contributed by atoms with E-state index < -0.39 is 0 Å². The first-order valence-corrected chi connectivity index (χ1v) is 6.99. The van der Waals surface area contributed by atoms with Gasteiger partial charge in [-0.2, -0.15) is 5.26 Å².